The van der Waals surface area contributed by atoms with E-state index in [9.17, 15) is 4.79 Å². The number of nitrogens with zero attached hydrogens (tertiary/aromatic N) is 2. The van der Waals surface area contributed by atoms with Gasteiger partial charge < -0.3 is 10.1 Å². The zero-order valence-corrected chi connectivity index (χ0v) is 13.4. The Morgan fingerprint density at radius 1 is 1.60 bits per heavy atom. The SMILES string of the molecule is C[C@H](c1nccs1)N1CC[C@H](NC(=O)OC(C)(C)C)C1. The van der Waals surface area contributed by atoms with Crippen LogP contribution in [0.1, 0.15) is 45.2 Å². The van der Waals surface area contributed by atoms with Crippen molar-refractivity contribution < 1.29 is 9.53 Å². The molecular weight excluding hydrogens is 274 g/mol. The number of nitrogens with one attached hydrogen (secondary N) is 1. The van der Waals surface area contributed by atoms with Crippen LogP contribution in [0.25, 0.3) is 0 Å². The van der Waals surface area contributed by atoms with Gasteiger partial charge >= 0.3 is 6.09 Å². The lowest BCUT2D eigenvalue weighted by Crippen LogP contribution is -2.40. The van der Waals surface area contributed by atoms with Crippen LogP contribution < -0.4 is 5.32 Å². The Labute approximate surface area is 124 Å². The summed E-state index contributed by atoms with van der Waals surface area (Å²) in [5, 5.41) is 6.07. The largest absolute Gasteiger partial charge is 0.444 e. The average Bonchev–Trinajstić information content (AvgIpc) is 2.95. The Hall–Kier alpha value is -1.14. The van der Waals surface area contributed by atoms with E-state index in [1.807, 2.05) is 32.3 Å². The Bertz CT molecular complexity index is 442. The summed E-state index contributed by atoms with van der Waals surface area (Å²) in [6, 6.07) is 0.465. The standard InChI is InChI=1S/C14H23N3O2S/c1-10(12-15-6-8-20-12)17-7-5-11(9-17)16-13(18)19-14(2,3)4/h6,8,10-11H,5,7,9H2,1-4H3,(H,16,18)/t10-,11+/m1/s1. The van der Waals surface area contributed by atoms with Crippen molar-refractivity contribution in [3.63, 3.8) is 0 Å². The molecule has 112 valence electrons. The fourth-order valence-corrected chi connectivity index (χ4v) is 3.06. The molecule has 20 heavy (non-hydrogen) atoms. The number of hydrogen-bond donors (Lipinski definition) is 1. The van der Waals surface area contributed by atoms with Crippen molar-refractivity contribution in [3.05, 3.63) is 16.6 Å². The molecule has 0 spiro atoms. The van der Waals surface area contributed by atoms with Crippen LogP contribution in [0.4, 0.5) is 4.79 Å². The van der Waals surface area contributed by atoms with Gasteiger partial charge in [0.2, 0.25) is 0 Å². The van der Waals surface area contributed by atoms with Crippen molar-refractivity contribution in [2.45, 2.75) is 51.8 Å². The summed E-state index contributed by atoms with van der Waals surface area (Å²) in [5.41, 5.74) is -0.448. The third-order valence-corrected chi connectivity index (χ3v) is 4.24. The Morgan fingerprint density at radius 3 is 2.95 bits per heavy atom. The van der Waals surface area contributed by atoms with Crippen LogP contribution in [0, 0.1) is 0 Å². The number of rotatable bonds is 3. The molecule has 5 nitrogen and oxygen atoms in total. The molecule has 0 radical (unpaired) electrons. The predicted octanol–water partition coefficient (Wildman–Crippen LogP) is 2.80. The number of carbonyl (C=O) groups is 1. The fraction of sp³-hybridized carbons (Fsp3) is 0.714. The van der Waals surface area contributed by atoms with Gasteiger partial charge in [-0.05, 0) is 34.1 Å². The maximum Gasteiger partial charge on any atom is 0.407 e. The molecule has 0 aromatic carbocycles. The summed E-state index contributed by atoms with van der Waals surface area (Å²) in [5.74, 6) is 0. The maximum atomic E-state index is 11.8. The number of ether oxygens (including phenoxy) is 1. The second-order valence-corrected chi connectivity index (χ2v) is 7.10. The fourth-order valence-electron chi connectivity index (χ4n) is 2.33. The van der Waals surface area contributed by atoms with E-state index >= 15 is 0 Å². The summed E-state index contributed by atoms with van der Waals surface area (Å²) in [7, 11) is 0. The molecule has 1 amide bonds. The maximum absolute atomic E-state index is 11.8. The molecule has 1 aromatic heterocycles. The van der Waals surface area contributed by atoms with Gasteiger partial charge in [-0.1, -0.05) is 0 Å². The second kappa shape index (κ2) is 6.10. The van der Waals surface area contributed by atoms with E-state index in [1.54, 1.807) is 11.3 Å². The van der Waals surface area contributed by atoms with Gasteiger partial charge in [0.25, 0.3) is 0 Å². The molecule has 6 heteroatoms. The lowest BCUT2D eigenvalue weighted by Gasteiger charge is -2.24. The molecule has 2 rings (SSSR count). The molecular formula is C14H23N3O2S. The van der Waals surface area contributed by atoms with E-state index in [0.29, 0.717) is 6.04 Å². The smallest absolute Gasteiger partial charge is 0.407 e. The predicted molar refractivity (Wildman–Crippen MR) is 79.9 cm³/mol. The Kier molecular flexibility index (Phi) is 4.65. The van der Waals surface area contributed by atoms with Crippen LogP contribution in [0.2, 0.25) is 0 Å². The Morgan fingerprint density at radius 2 is 2.35 bits per heavy atom. The highest BCUT2D eigenvalue weighted by atomic mass is 32.1. The molecule has 0 saturated carbocycles. The molecule has 1 saturated heterocycles. The quantitative estimate of drug-likeness (QED) is 0.932. The number of likely N-dealkylation sites (tertiary alicyclic amines) is 1. The topological polar surface area (TPSA) is 54.5 Å². The van der Waals surface area contributed by atoms with E-state index < -0.39 is 5.60 Å². The van der Waals surface area contributed by atoms with Gasteiger partial charge in [-0.3, -0.25) is 4.90 Å². The van der Waals surface area contributed by atoms with Crippen molar-refractivity contribution in [1.82, 2.24) is 15.2 Å². The first-order valence-corrected chi connectivity index (χ1v) is 7.86. The number of alkyl carbamates (subject to hydrolysis) is 1. The average molecular weight is 297 g/mol. The van der Waals surface area contributed by atoms with Gasteiger partial charge in [0, 0.05) is 30.7 Å². The van der Waals surface area contributed by atoms with Gasteiger partial charge in [-0.15, -0.1) is 11.3 Å². The molecule has 1 fully saturated rings. The highest BCUT2D eigenvalue weighted by Gasteiger charge is 2.29. The first kappa shape index (κ1) is 15.3. The van der Waals surface area contributed by atoms with Crippen LogP contribution in [0.15, 0.2) is 11.6 Å². The lowest BCUT2D eigenvalue weighted by atomic mass is 10.2. The van der Waals surface area contributed by atoms with Gasteiger partial charge in [0.05, 0.1) is 6.04 Å². The molecule has 2 atom stereocenters. The molecule has 1 aliphatic heterocycles. The number of carbonyl (C=O) groups excluding carboxylic acids is 1. The van der Waals surface area contributed by atoms with Crippen LogP contribution in [0.3, 0.4) is 0 Å². The van der Waals surface area contributed by atoms with Crippen LogP contribution in [0.5, 0.6) is 0 Å². The van der Waals surface area contributed by atoms with Gasteiger partial charge in [-0.25, -0.2) is 9.78 Å². The normalized spacial score (nSPS) is 21.7. The zero-order chi connectivity index (χ0) is 14.8. The van der Waals surface area contributed by atoms with Crippen LogP contribution >= 0.6 is 11.3 Å². The number of thiazole rings is 1. The number of amides is 1. The summed E-state index contributed by atoms with van der Waals surface area (Å²) in [4.78, 5) is 18.5. The minimum absolute atomic E-state index is 0.160. The highest BCUT2D eigenvalue weighted by molar-refractivity contribution is 7.09. The third kappa shape index (κ3) is 4.18. The molecule has 1 aromatic rings. The summed E-state index contributed by atoms with van der Waals surface area (Å²) >= 11 is 1.68. The minimum atomic E-state index is -0.448. The van der Waals surface area contributed by atoms with Crippen molar-refractivity contribution in [2.24, 2.45) is 0 Å². The second-order valence-electron chi connectivity index (χ2n) is 6.17. The van der Waals surface area contributed by atoms with E-state index in [1.165, 1.54) is 0 Å². The summed E-state index contributed by atoms with van der Waals surface area (Å²) in [6.07, 6.45) is 2.46. The summed E-state index contributed by atoms with van der Waals surface area (Å²) in [6.45, 7) is 9.60. The van der Waals surface area contributed by atoms with E-state index in [4.69, 9.17) is 4.74 Å². The summed E-state index contributed by atoms with van der Waals surface area (Å²) < 4.78 is 5.29. The highest BCUT2D eigenvalue weighted by Crippen LogP contribution is 2.26. The van der Waals surface area contributed by atoms with E-state index in [0.717, 1.165) is 24.5 Å². The first-order valence-electron chi connectivity index (χ1n) is 6.98. The van der Waals surface area contributed by atoms with Gasteiger partial charge in [0.15, 0.2) is 0 Å². The molecule has 0 aliphatic carbocycles. The van der Waals surface area contributed by atoms with Crippen LogP contribution in [-0.4, -0.2) is 40.7 Å². The van der Waals surface area contributed by atoms with Crippen molar-refractivity contribution in [2.75, 3.05) is 13.1 Å². The van der Waals surface area contributed by atoms with Crippen molar-refractivity contribution in [3.8, 4) is 0 Å². The van der Waals surface area contributed by atoms with E-state index in [2.05, 4.69) is 22.1 Å². The van der Waals surface area contributed by atoms with Gasteiger partial charge in [0.1, 0.15) is 10.6 Å². The lowest BCUT2D eigenvalue weighted by molar-refractivity contribution is 0.0504. The van der Waals surface area contributed by atoms with E-state index in [-0.39, 0.29) is 12.1 Å². The van der Waals surface area contributed by atoms with Crippen molar-refractivity contribution >= 4 is 17.4 Å². The first-order chi connectivity index (χ1) is 9.35. The molecule has 1 N–H and O–H groups in total. The van der Waals surface area contributed by atoms with Gasteiger partial charge in [-0.2, -0.15) is 0 Å². The zero-order valence-electron chi connectivity index (χ0n) is 12.5. The molecule has 0 bridgehead atoms. The Balaban J connectivity index is 1.82. The molecule has 0 unspecified atom stereocenters. The molecule has 2 heterocycles. The number of hydrogen-bond acceptors (Lipinski definition) is 5. The molecule has 1 aliphatic rings. The minimum Gasteiger partial charge on any atom is -0.444 e. The monoisotopic (exact) mass is 297 g/mol. The third-order valence-electron chi connectivity index (χ3n) is 3.30. The van der Waals surface area contributed by atoms with Crippen molar-refractivity contribution in [1.29, 1.82) is 0 Å². The number of aromatic nitrogens is 1. The van der Waals surface area contributed by atoms with Crippen LogP contribution in [-0.2, 0) is 4.74 Å².